The van der Waals surface area contributed by atoms with Crippen LogP contribution >= 0.6 is 0 Å². The van der Waals surface area contributed by atoms with Crippen LogP contribution in [0.5, 0.6) is 0 Å². The van der Waals surface area contributed by atoms with Gasteiger partial charge in [0.25, 0.3) is 0 Å². The highest BCUT2D eigenvalue weighted by Gasteiger charge is 2.25. The van der Waals surface area contributed by atoms with Gasteiger partial charge < -0.3 is 15.3 Å². The van der Waals surface area contributed by atoms with E-state index in [9.17, 15) is 14.4 Å². The number of carboxylic acid groups (broad SMARTS) is 1. The fourth-order valence-corrected chi connectivity index (χ4v) is 2.25. The van der Waals surface area contributed by atoms with Gasteiger partial charge in [-0.2, -0.15) is 0 Å². The summed E-state index contributed by atoms with van der Waals surface area (Å²) >= 11 is 0. The molecule has 20 heavy (non-hydrogen) atoms. The molecule has 0 saturated carbocycles. The van der Waals surface area contributed by atoms with Gasteiger partial charge >= 0.3 is 5.97 Å². The quantitative estimate of drug-likeness (QED) is 0.851. The number of carbonyl (C=O) groups is 3. The van der Waals surface area contributed by atoms with Crippen LogP contribution in [0.3, 0.4) is 0 Å². The Morgan fingerprint density at radius 1 is 1.35 bits per heavy atom. The minimum absolute atomic E-state index is 0.111. The molecule has 0 atom stereocenters. The number of rotatable bonds is 4. The lowest BCUT2D eigenvalue weighted by molar-refractivity contribution is -0.119. The molecular weight excluding hydrogens is 260 g/mol. The van der Waals surface area contributed by atoms with E-state index in [-0.39, 0.29) is 23.8 Å². The molecule has 0 aliphatic carbocycles. The summed E-state index contributed by atoms with van der Waals surface area (Å²) in [5, 5.41) is 11.6. The van der Waals surface area contributed by atoms with Gasteiger partial charge in [0.2, 0.25) is 11.8 Å². The van der Waals surface area contributed by atoms with Gasteiger partial charge in [0.05, 0.1) is 5.56 Å². The van der Waals surface area contributed by atoms with Gasteiger partial charge in [0.15, 0.2) is 0 Å². The lowest BCUT2D eigenvalue weighted by Crippen LogP contribution is -2.32. The molecule has 6 heteroatoms. The second-order valence-corrected chi connectivity index (χ2v) is 4.68. The molecule has 0 radical (unpaired) electrons. The Morgan fingerprint density at radius 3 is 2.75 bits per heavy atom. The number of benzene rings is 1. The molecule has 2 amide bonds. The smallest absolute Gasteiger partial charge is 0.335 e. The van der Waals surface area contributed by atoms with Crippen molar-refractivity contribution in [2.45, 2.75) is 19.8 Å². The van der Waals surface area contributed by atoms with E-state index in [1.165, 1.54) is 13.0 Å². The highest BCUT2D eigenvalue weighted by Crippen LogP contribution is 2.29. The summed E-state index contributed by atoms with van der Waals surface area (Å²) in [6.45, 7) is 2.24. The Bertz CT molecular complexity index is 568. The van der Waals surface area contributed by atoms with Crippen LogP contribution in [-0.4, -0.2) is 36.0 Å². The van der Waals surface area contributed by atoms with Crippen LogP contribution in [0.4, 0.5) is 5.69 Å². The maximum atomic E-state index is 12.1. The van der Waals surface area contributed by atoms with Crippen LogP contribution < -0.4 is 10.2 Å². The number of carboxylic acids is 1. The highest BCUT2D eigenvalue weighted by atomic mass is 16.4. The fraction of sp³-hybridized carbons (Fsp3) is 0.357. The fourth-order valence-electron chi connectivity index (χ4n) is 2.25. The van der Waals surface area contributed by atoms with E-state index in [0.717, 1.165) is 12.0 Å². The monoisotopic (exact) mass is 276 g/mol. The third-order valence-electron chi connectivity index (χ3n) is 3.24. The van der Waals surface area contributed by atoms with E-state index in [1.54, 1.807) is 17.0 Å². The van der Waals surface area contributed by atoms with Crippen molar-refractivity contribution >= 4 is 23.5 Å². The number of nitrogens with one attached hydrogen (secondary N) is 1. The third kappa shape index (κ3) is 2.96. The maximum absolute atomic E-state index is 12.1. The molecular formula is C14H16N2O4. The van der Waals surface area contributed by atoms with Crippen molar-refractivity contribution in [3.63, 3.8) is 0 Å². The van der Waals surface area contributed by atoms with Crippen LogP contribution in [0.15, 0.2) is 18.2 Å². The molecule has 1 heterocycles. The van der Waals surface area contributed by atoms with Gasteiger partial charge in [-0.05, 0) is 24.1 Å². The van der Waals surface area contributed by atoms with Gasteiger partial charge in [-0.15, -0.1) is 0 Å². The van der Waals surface area contributed by atoms with E-state index >= 15 is 0 Å². The Kier molecular flexibility index (Phi) is 4.02. The minimum atomic E-state index is -1.01. The lowest BCUT2D eigenvalue weighted by Gasteiger charge is -2.17. The first kappa shape index (κ1) is 14.0. The topological polar surface area (TPSA) is 86.7 Å². The first-order valence-corrected chi connectivity index (χ1v) is 6.40. The molecule has 0 unspecified atom stereocenters. The van der Waals surface area contributed by atoms with Crippen LogP contribution in [0, 0.1) is 0 Å². The molecule has 0 aromatic heterocycles. The number of amides is 2. The molecule has 2 N–H and O–H groups in total. The number of anilines is 1. The molecule has 0 spiro atoms. The summed E-state index contributed by atoms with van der Waals surface area (Å²) in [6.07, 6.45) is 0.928. The molecule has 0 bridgehead atoms. The average Bonchev–Trinajstić information content (AvgIpc) is 2.80. The SMILES string of the molecule is CC(=O)NCCC(=O)N1CCc2ccc(C(=O)O)cc21. The highest BCUT2D eigenvalue weighted by molar-refractivity contribution is 5.98. The van der Waals surface area contributed by atoms with Crippen molar-refractivity contribution in [1.29, 1.82) is 0 Å². The zero-order valence-electron chi connectivity index (χ0n) is 11.2. The standard InChI is InChI=1S/C14H16N2O4/c1-9(17)15-6-4-13(18)16-7-5-10-2-3-11(14(19)20)8-12(10)16/h2-3,8H,4-7H2,1H3,(H,15,17)(H,19,20). The molecule has 1 aromatic carbocycles. The van der Waals surface area contributed by atoms with Gasteiger partial charge in [-0.1, -0.05) is 6.07 Å². The molecule has 1 aromatic rings. The van der Waals surface area contributed by atoms with E-state index in [0.29, 0.717) is 18.8 Å². The molecule has 6 nitrogen and oxygen atoms in total. The molecule has 106 valence electrons. The van der Waals surface area contributed by atoms with Gasteiger partial charge in [-0.25, -0.2) is 4.79 Å². The van der Waals surface area contributed by atoms with Crippen molar-refractivity contribution < 1.29 is 19.5 Å². The van der Waals surface area contributed by atoms with Crippen molar-refractivity contribution in [3.05, 3.63) is 29.3 Å². The van der Waals surface area contributed by atoms with E-state index in [4.69, 9.17) is 5.11 Å². The van der Waals surface area contributed by atoms with Crippen LogP contribution in [0.2, 0.25) is 0 Å². The van der Waals surface area contributed by atoms with Crippen molar-refractivity contribution in [2.75, 3.05) is 18.0 Å². The normalized spacial score (nSPS) is 12.9. The summed E-state index contributed by atoms with van der Waals surface area (Å²) in [4.78, 5) is 35.4. The van der Waals surface area contributed by atoms with Crippen LogP contribution in [0.1, 0.15) is 29.3 Å². The number of fused-ring (bicyclic) bond motifs is 1. The molecule has 1 aliphatic rings. The number of hydrogen-bond donors (Lipinski definition) is 2. The van der Waals surface area contributed by atoms with Crippen LogP contribution in [-0.2, 0) is 16.0 Å². The predicted octanol–water partition coefficient (Wildman–Crippen LogP) is 0.800. The van der Waals surface area contributed by atoms with E-state index in [1.807, 2.05) is 0 Å². The Labute approximate surface area is 116 Å². The third-order valence-corrected chi connectivity index (χ3v) is 3.24. The van der Waals surface area contributed by atoms with Gasteiger partial charge in [-0.3, -0.25) is 9.59 Å². The summed E-state index contributed by atoms with van der Waals surface area (Å²) in [6, 6.07) is 4.83. The Balaban J connectivity index is 2.10. The maximum Gasteiger partial charge on any atom is 0.335 e. The Hall–Kier alpha value is -2.37. The first-order valence-electron chi connectivity index (χ1n) is 6.40. The average molecular weight is 276 g/mol. The molecule has 0 fully saturated rings. The van der Waals surface area contributed by atoms with Gasteiger partial charge in [0, 0.05) is 32.1 Å². The molecule has 0 saturated heterocycles. The second kappa shape index (κ2) is 5.73. The summed E-state index contributed by atoms with van der Waals surface area (Å²) in [7, 11) is 0. The second-order valence-electron chi connectivity index (χ2n) is 4.68. The molecule has 1 aliphatic heterocycles. The number of carbonyl (C=O) groups excluding carboxylic acids is 2. The number of aromatic carboxylic acids is 1. The van der Waals surface area contributed by atoms with Crippen LogP contribution in [0.25, 0.3) is 0 Å². The predicted molar refractivity (Wildman–Crippen MR) is 72.8 cm³/mol. The van der Waals surface area contributed by atoms with E-state index < -0.39 is 5.97 Å². The summed E-state index contributed by atoms with van der Waals surface area (Å²) in [5.41, 5.74) is 1.81. The van der Waals surface area contributed by atoms with Crippen molar-refractivity contribution in [2.24, 2.45) is 0 Å². The van der Waals surface area contributed by atoms with E-state index in [2.05, 4.69) is 5.32 Å². The molecule has 2 rings (SSSR count). The Morgan fingerprint density at radius 2 is 2.10 bits per heavy atom. The summed E-state index contributed by atoms with van der Waals surface area (Å²) in [5.74, 6) is -1.29. The van der Waals surface area contributed by atoms with Crippen molar-refractivity contribution in [1.82, 2.24) is 5.32 Å². The number of hydrogen-bond acceptors (Lipinski definition) is 3. The lowest BCUT2D eigenvalue weighted by atomic mass is 10.1. The zero-order valence-corrected chi connectivity index (χ0v) is 11.2. The first-order chi connectivity index (χ1) is 9.49. The summed E-state index contributed by atoms with van der Waals surface area (Å²) < 4.78 is 0. The largest absolute Gasteiger partial charge is 0.478 e. The van der Waals surface area contributed by atoms with Crippen molar-refractivity contribution in [3.8, 4) is 0 Å². The number of nitrogens with zero attached hydrogens (tertiary/aromatic N) is 1. The van der Waals surface area contributed by atoms with Gasteiger partial charge in [0.1, 0.15) is 0 Å². The minimum Gasteiger partial charge on any atom is -0.478 e. The zero-order chi connectivity index (χ0) is 14.7.